The molecular weight excluding hydrogens is 397 g/mol. The Morgan fingerprint density at radius 2 is 1.90 bits per heavy atom. The molecule has 1 atom stereocenters. The molecule has 1 saturated heterocycles. The molecule has 1 fully saturated rings. The number of anilines is 1. The van der Waals surface area contributed by atoms with Gasteiger partial charge in [0, 0.05) is 19.5 Å². The van der Waals surface area contributed by atoms with E-state index in [0.717, 1.165) is 5.56 Å². The number of likely N-dealkylation sites (N-methyl/N-ethyl adjacent to an activating group) is 1. The number of nitrogens with one attached hydrogen (secondary N) is 1. The first-order valence-corrected chi connectivity index (χ1v) is 10.6. The van der Waals surface area contributed by atoms with Crippen molar-refractivity contribution in [2.45, 2.75) is 32.4 Å². The minimum atomic E-state index is -0.306. The number of hydrogen-bond acceptors (Lipinski definition) is 4. The van der Waals surface area contributed by atoms with Gasteiger partial charge in [-0.05, 0) is 62.7 Å². The van der Waals surface area contributed by atoms with Gasteiger partial charge in [-0.25, -0.2) is 4.39 Å². The lowest BCUT2D eigenvalue weighted by Crippen LogP contribution is -2.49. The molecule has 3 rings (SSSR count). The Labute approximate surface area is 183 Å². The van der Waals surface area contributed by atoms with E-state index in [1.54, 1.807) is 25.1 Å². The van der Waals surface area contributed by atoms with Crippen LogP contribution in [-0.4, -0.2) is 54.9 Å². The number of benzene rings is 2. The Hall–Kier alpha value is -2.93. The Balaban J connectivity index is 1.51. The molecule has 1 aliphatic rings. The monoisotopic (exact) mass is 427 g/mol. The highest BCUT2D eigenvalue weighted by Gasteiger charge is 2.31. The topological polar surface area (TPSA) is 61.9 Å². The minimum absolute atomic E-state index is 0.0128. The van der Waals surface area contributed by atoms with Crippen LogP contribution in [0.5, 0.6) is 5.75 Å². The number of rotatable bonds is 7. The van der Waals surface area contributed by atoms with E-state index in [1.807, 2.05) is 37.3 Å². The molecule has 31 heavy (non-hydrogen) atoms. The van der Waals surface area contributed by atoms with Gasteiger partial charge in [0.05, 0.1) is 18.8 Å². The lowest BCUT2D eigenvalue weighted by atomic mass is 9.94. The van der Waals surface area contributed by atoms with Crippen molar-refractivity contribution in [3.8, 4) is 5.75 Å². The maximum atomic E-state index is 13.4. The summed E-state index contributed by atoms with van der Waals surface area (Å²) in [6.45, 7) is 3.59. The zero-order valence-electron chi connectivity index (χ0n) is 18.3. The number of hydrogen-bond donors (Lipinski definition) is 1. The van der Waals surface area contributed by atoms with Gasteiger partial charge in [0.2, 0.25) is 11.8 Å². The minimum Gasteiger partial charge on any atom is -0.495 e. The van der Waals surface area contributed by atoms with E-state index < -0.39 is 0 Å². The molecule has 1 aliphatic heterocycles. The van der Waals surface area contributed by atoms with E-state index in [0.29, 0.717) is 43.9 Å². The maximum absolute atomic E-state index is 13.4. The van der Waals surface area contributed by atoms with Crippen LogP contribution in [0.25, 0.3) is 0 Å². The first-order chi connectivity index (χ1) is 14.9. The van der Waals surface area contributed by atoms with Crippen LogP contribution in [0.3, 0.4) is 0 Å². The molecule has 2 aromatic rings. The molecule has 0 aliphatic carbocycles. The van der Waals surface area contributed by atoms with Crippen molar-refractivity contribution in [3.05, 3.63) is 59.9 Å². The number of piperidine rings is 1. The normalized spacial score (nSPS) is 15.9. The van der Waals surface area contributed by atoms with Crippen molar-refractivity contribution in [3.63, 3.8) is 0 Å². The Morgan fingerprint density at radius 1 is 1.19 bits per heavy atom. The summed E-state index contributed by atoms with van der Waals surface area (Å²) in [5, 5.41) is 2.96. The quantitative estimate of drug-likeness (QED) is 0.734. The van der Waals surface area contributed by atoms with Crippen LogP contribution in [0.2, 0.25) is 0 Å². The molecule has 0 spiro atoms. The van der Waals surface area contributed by atoms with E-state index in [9.17, 15) is 14.0 Å². The molecule has 0 saturated carbocycles. The number of para-hydroxylation sites is 2. The lowest BCUT2D eigenvalue weighted by molar-refractivity contribution is -0.136. The molecule has 1 heterocycles. The predicted molar refractivity (Wildman–Crippen MR) is 118 cm³/mol. The Bertz CT molecular complexity index is 912. The van der Waals surface area contributed by atoms with Crippen molar-refractivity contribution in [2.24, 2.45) is 5.92 Å². The summed E-state index contributed by atoms with van der Waals surface area (Å²) in [6, 6.07) is 13.3. The first-order valence-electron chi connectivity index (χ1n) is 10.6. The second-order valence-electron chi connectivity index (χ2n) is 8.00. The second-order valence-corrected chi connectivity index (χ2v) is 8.00. The molecule has 1 unspecified atom stereocenters. The van der Waals surface area contributed by atoms with Crippen molar-refractivity contribution in [1.29, 1.82) is 0 Å². The lowest BCUT2D eigenvalue weighted by Gasteiger charge is -2.36. The molecule has 2 amide bonds. The fourth-order valence-electron chi connectivity index (χ4n) is 3.99. The third-order valence-electron chi connectivity index (χ3n) is 5.86. The van der Waals surface area contributed by atoms with Gasteiger partial charge in [-0.1, -0.05) is 24.3 Å². The Kier molecular flexibility index (Phi) is 7.63. The molecular formula is C24H30FN3O3. The predicted octanol–water partition coefficient (Wildman–Crippen LogP) is 3.53. The third kappa shape index (κ3) is 5.82. The second kappa shape index (κ2) is 10.4. The number of carbonyl (C=O) groups is 2. The molecule has 166 valence electrons. The smallest absolute Gasteiger partial charge is 0.239 e. The third-order valence-corrected chi connectivity index (χ3v) is 5.86. The Morgan fingerprint density at radius 3 is 2.58 bits per heavy atom. The number of likely N-dealkylation sites (tertiary alicyclic amines) is 1. The van der Waals surface area contributed by atoms with Gasteiger partial charge in [0.25, 0.3) is 0 Å². The SMILES string of the molecule is COc1ccccc1NC(=O)C1CCN(C(C)C(=O)N(C)Cc2cccc(F)c2)CC1. The van der Waals surface area contributed by atoms with Crippen molar-refractivity contribution < 1.29 is 18.7 Å². The highest BCUT2D eigenvalue weighted by Crippen LogP contribution is 2.26. The number of nitrogens with zero attached hydrogens (tertiary/aromatic N) is 2. The average Bonchev–Trinajstić information content (AvgIpc) is 2.78. The molecule has 0 radical (unpaired) electrons. The maximum Gasteiger partial charge on any atom is 0.239 e. The van der Waals surface area contributed by atoms with Crippen LogP contribution in [0.15, 0.2) is 48.5 Å². The highest BCUT2D eigenvalue weighted by atomic mass is 19.1. The summed E-state index contributed by atoms with van der Waals surface area (Å²) in [5.41, 5.74) is 1.43. The van der Waals surface area contributed by atoms with Crippen LogP contribution in [0, 0.1) is 11.7 Å². The van der Waals surface area contributed by atoms with Crippen LogP contribution in [-0.2, 0) is 16.1 Å². The highest BCUT2D eigenvalue weighted by molar-refractivity contribution is 5.94. The van der Waals surface area contributed by atoms with E-state index in [1.165, 1.54) is 12.1 Å². The summed E-state index contributed by atoms with van der Waals surface area (Å²) >= 11 is 0. The van der Waals surface area contributed by atoms with E-state index >= 15 is 0 Å². The summed E-state index contributed by atoms with van der Waals surface area (Å²) in [6.07, 6.45) is 1.37. The molecule has 1 N–H and O–H groups in total. The van der Waals surface area contributed by atoms with E-state index in [-0.39, 0.29) is 29.6 Å². The summed E-state index contributed by atoms with van der Waals surface area (Å²) in [7, 11) is 3.31. The van der Waals surface area contributed by atoms with E-state index in [4.69, 9.17) is 4.74 Å². The van der Waals surface area contributed by atoms with Crippen molar-refractivity contribution in [1.82, 2.24) is 9.80 Å². The van der Waals surface area contributed by atoms with Gasteiger partial charge in [-0.3, -0.25) is 14.5 Å². The zero-order valence-corrected chi connectivity index (χ0v) is 18.3. The molecule has 0 bridgehead atoms. The van der Waals surface area contributed by atoms with Gasteiger partial charge < -0.3 is 15.0 Å². The number of ether oxygens (including phenoxy) is 1. The summed E-state index contributed by atoms with van der Waals surface area (Å²) in [4.78, 5) is 29.3. The van der Waals surface area contributed by atoms with Gasteiger partial charge in [0.1, 0.15) is 11.6 Å². The molecule has 6 nitrogen and oxygen atoms in total. The number of carbonyl (C=O) groups excluding carboxylic acids is 2. The number of halogens is 1. The fraction of sp³-hybridized carbons (Fsp3) is 0.417. The van der Waals surface area contributed by atoms with Gasteiger partial charge in [-0.15, -0.1) is 0 Å². The average molecular weight is 428 g/mol. The van der Waals surface area contributed by atoms with Crippen molar-refractivity contribution >= 4 is 17.5 Å². The van der Waals surface area contributed by atoms with Crippen LogP contribution >= 0.6 is 0 Å². The fourth-order valence-corrected chi connectivity index (χ4v) is 3.99. The summed E-state index contributed by atoms with van der Waals surface area (Å²) in [5.74, 6) is 0.190. The first kappa shape index (κ1) is 22.7. The van der Waals surface area contributed by atoms with Gasteiger partial charge in [-0.2, -0.15) is 0 Å². The number of methoxy groups -OCH3 is 1. The van der Waals surface area contributed by atoms with E-state index in [2.05, 4.69) is 10.2 Å². The van der Waals surface area contributed by atoms with Gasteiger partial charge in [0.15, 0.2) is 0 Å². The summed E-state index contributed by atoms with van der Waals surface area (Å²) < 4.78 is 18.7. The standard InChI is InChI=1S/C24H30FN3O3/c1-17(24(30)27(2)16-18-7-6-8-20(25)15-18)28-13-11-19(12-14-28)23(29)26-21-9-4-5-10-22(21)31-3/h4-10,15,17,19H,11-14,16H2,1-3H3,(H,26,29). The van der Waals surface area contributed by atoms with Crippen LogP contribution in [0.1, 0.15) is 25.3 Å². The molecule has 2 aromatic carbocycles. The number of amides is 2. The van der Waals surface area contributed by atoms with Crippen LogP contribution < -0.4 is 10.1 Å². The van der Waals surface area contributed by atoms with Gasteiger partial charge >= 0.3 is 0 Å². The zero-order chi connectivity index (χ0) is 22.4. The van der Waals surface area contributed by atoms with Crippen LogP contribution in [0.4, 0.5) is 10.1 Å². The molecule has 0 aromatic heterocycles. The van der Waals surface area contributed by atoms with Crippen molar-refractivity contribution in [2.75, 3.05) is 32.6 Å². The molecule has 7 heteroatoms. The largest absolute Gasteiger partial charge is 0.495 e.